The topological polar surface area (TPSA) is 129 Å². The van der Waals surface area contributed by atoms with Crippen molar-refractivity contribution in [1.82, 2.24) is 10.3 Å². The molecule has 0 spiro atoms. The monoisotopic (exact) mass is 460 g/mol. The van der Waals surface area contributed by atoms with Gasteiger partial charge in [0.05, 0.1) is 23.8 Å². The predicted molar refractivity (Wildman–Crippen MR) is 118 cm³/mol. The van der Waals surface area contributed by atoms with E-state index < -0.39 is 16.3 Å². The lowest BCUT2D eigenvalue weighted by Gasteiger charge is -2.17. The Morgan fingerprint density at radius 3 is 2.71 bits per heavy atom. The maximum Gasteiger partial charge on any atom is 0.357 e. The van der Waals surface area contributed by atoms with Crippen LogP contribution >= 0.6 is 11.3 Å². The molecule has 163 valence electrons. The second-order valence-electron chi connectivity index (χ2n) is 6.88. The molecule has 0 saturated carbocycles. The van der Waals surface area contributed by atoms with Crippen LogP contribution in [0.2, 0.25) is 0 Å². The molecule has 1 radical (unpaired) electrons. The highest BCUT2D eigenvalue weighted by molar-refractivity contribution is 7.87. The van der Waals surface area contributed by atoms with Gasteiger partial charge in [0.1, 0.15) is 10.8 Å². The van der Waals surface area contributed by atoms with E-state index in [1.165, 1.54) is 23.5 Å². The van der Waals surface area contributed by atoms with Crippen LogP contribution in [0.15, 0.2) is 47.8 Å². The Bertz CT molecular complexity index is 1140. The van der Waals surface area contributed by atoms with Gasteiger partial charge in [0, 0.05) is 5.38 Å². The molecular weight excluding hydrogens is 438 g/mol. The summed E-state index contributed by atoms with van der Waals surface area (Å²) in [4.78, 5) is 17.2. The van der Waals surface area contributed by atoms with Crippen molar-refractivity contribution in [3.05, 3.63) is 75.7 Å². The molecular formula is C21H22N3O5S2. The van der Waals surface area contributed by atoms with Crippen molar-refractivity contribution in [2.45, 2.75) is 32.2 Å². The number of amides is 1. The van der Waals surface area contributed by atoms with E-state index in [0.29, 0.717) is 12.0 Å². The van der Waals surface area contributed by atoms with Gasteiger partial charge >= 0.3 is 10.3 Å². The molecule has 0 saturated heterocycles. The number of thiazole rings is 1. The van der Waals surface area contributed by atoms with Crippen LogP contribution in [0, 0.1) is 6.07 Å². The number of carbonyl (C=O) groups is 1. The number of anilines is 1. The van der Waals surface area contributed by atoms with Gasteiger partial charge < -0.3 is 10.4 Å². The zero-order valence-corrected chi connectivity index (χ0v) is 18.3. The van der Waals surface area contributed by atoms with Crippen molar-refractivity contribution in [2.24, 2.45) is 0 Å². The summed E-state index contributed by atoms with van der Waals surface area (Å²) in [6.07, 6.45) is 1.29. The minimum atomic E-state index is -4.36. The van der Waals surface area contributed by atoms with E-state index in [1.54, 1.807) is 30.3 Å². The number of hydrogen-bond acceptors (Lipinski definition) is 6. The predicted octanol–water partition coefficient (Wildman–Crippen LogP) is 3.07. The fourth-order valence-electron chi connectivity index (χ4n) is 2.96. The Kier molecular flexibility index (Phi) is 7.26. The molecule has 0 bridgehead atoms. The van der Waals surface area contributed by atoms with E-state index in [1.807, 2.05) is 17.0 Å². The van der Waals surface area contributed by atoms with Crippen LogP contribution in [0.4, 0.5) is 5.69 Å². The molecule has 1 unspecified atom stereocenters. The van der Waals surface area contributed by atoms with Crippen LogP contribution in [0.5, 0.6) is 5.75 Å². The number of nitrogens with zero attached hydrogens (tertiary/aromatic N) is 1. The Morgan fingerprint density at radius 1 is 1.29 bits per heavy atom. The second-order valence-corrected chi connectivity index (χ2v) is 8.93. The maximum atomic E-state index is 12.7. The quantitative estimate of drug-likeness (QED) is 0.363. The number of aromatic hydroxyl groups is 1. The highest BCUT2D eigenvalue weighted by atomic mass is 32.2. The third-order valence-corrected chi connectivity index (χ3v) is 5.89. The summed E-state index contributed by atoms with van der Waals surface area (Å²) in [5.41, 5.74) is 2.54. The molecule has 1 amide bonds. The van der Waals surface area contributed by atoms with Crippen molar-refractivity contribution in [3.8, 4) is 5.75 Å². The Morgan fingerprint density at radius 2 is 2.10 bits per heavy atom. The first-order valence-electron chi connectivity index (χ1n) is 9.49. The van der Waals surface area contributed by atoms with Crippen molar-refractivity contribution < 1.29 is 22.9 Å². The molecule has 4 N–H and O–H groups in total. The van der Waals surface area contributed by atoms with Crippen LogP contribution in [-0.4, -0.2) is 29.0 Å². The number of nitrogens with one attached hydrogen (secondary N) is 2. The number of hydrogen-bond donors (Lipinski definition) is 4. The van der Waals surface area contributed by atoms with Crippen LogP contribution in [-0.2, 0) is 34.4 Å². The van der Waals surface area contributed by atoms with Crippen LogP contribution in [0.1, 0.15) is 34.8 Å². The number of benzene rings is 2. The van der Waals surface area contributed by atoms with Gasteiger partial charge in [-0.1, -0.05) is 25.1 Å². The molecule has 3 aromatic rings. The standard InChI is InChI=1S/C21H22N3O5S2/c1-2-16-13-30-21(22-16)19(23-20(26)12-15-4-3-5-18(25)10-15)11-14-6-8-17(9-7-14)24-31(27,28)29/h3-6,8-10,13,19,24-25H,2,11-12H2,1H3,(H,23,26)(H,27,28,29). The first-order chi connectivity index (χ1) is 14.7. The van der Waals surface area contributed by atoms with Gasteiger partial charge in [-0.15, -0.1) is 11.3 Å². The number of rotatable bonds is 9. The molecule has 31 heavy (non-hydrogen) atoms. The van der Waals surface area contributed by atoms with E-state index in [2.05, 4.69) is 16.4 Å². The fourth-order valence-corrected chi connectivity index (χ4v) is 4.34. The van der Waals surface area contributed by atoms with E-state index in [-0.39, 0.29) is 23.8 Å². The number of aromatic nitrogens is 1. The molecule has 0 aliphatic heterocycles. The average molecular weight is 461 g/mol. The summed E-state index contributed by atoms with van der Waals surface area (Å²) < 4.78 is 32.7. The second kappa shape index (κ2) is 9.90. The minimum Gasteiger partial charge on any atom is -0.508 e. The molecule has 0 aliphatic carbocycles. The van der Waals surface area contributed by atoms with Crippen LogP contribution in [0.25, 0.3) is 0 Å². The van der Waals surface area contributed by atoms with Crippen molar-refractivity contribution in [2.75, 3.05) is 4.72 Å². The van der Waals surface area contributed by atoms with Gasteiger partial charge in [0.2, 0.25) is 5.91 Å². The van der Waals surface area contributed by atoms with Crippen LogP contribution < -0.4 is 10.0 Å². The lowest BCUT2D eigenvalue weighted by Crippen LogP contribution is -2.31. The largest absolute Gasteiger partial charge is 0.508 e. The molecule has 0 aliphatic rings. The van der Waals surface area contributed by atoms with Crippen molar-refractivity contribution >= 4 is 33.2 Å². The summed E-state index contributed by atoms with van der Waals surface area (Å²) in [5.74, 6) is -0.115. The van der Waals surface area contributed by atoms with E-state index in [0.717, 1.165) is 22.7 Å². The zero-order chi connectivity index (χ0) is 22.4. The highest BCUT2D eigenvalue weighted by Gasteiger charge is 2.19. The van der Waals surface area contributed by atoms with Gasteiger partial charge in [-0.25, -0.2) is 4.98 Å². The molecule has 1 aromatic heterocycles. The summed E-state index contributed by atoms with van der Waals surface area (Å²) in [6.45, 7) is 2.00. The highest BCUT2D eigenvalue weighted by Crippen LogP contribution is 2.24. The summed E-state index contributed by atoms with van der Waals surface area (Å²) in [5, 5.41) is 15.3. The molecule has 1 heterocycles. The molecule has 0 fully saturated rings. The van der Waals surface area contributed by atoms with Gasteiger partial charge in [-0.2, -0.15) is 8.42 Å². The minimum absolute atomic E-state index is 0.0996. The first-order valence-corrected chi connectivity index (χ1v) is 11.8. The normalized spacial score (nSPS) is 12.3. The SMILES string of the molecule is CCc1csc(C(Cc2[c]cc(NS(=O)(=O)O)cc2)NC(=O)Cc2cccc(O)c2)n1. The Hall–Kier alpha value is -2.95. The van der Waals surface area contributed by atoms with Gasteiger partial charge in [0.25, 0.3) is 0 Å². The maximum absolute atomic E-state index is 12.7. The number of carbonyl (C=O) groups excluding carboxylic acids is 1. The molecule has 3 rings (SSSR count). The lowest BCUT2D eigenvalue weighted by atomic mass is 10.0. The van der Waals surface area contributed by atoms with Gasteiger partial charge in [-0.05, 0) is 54.3 Å². The smallest absolute Gasteiger partial charge is 0.357 e. The average Bonchev–Trinajstić information content (AvgIpc) is 3.17. The summed E-state index contributed by atoms with van der Waals surface area (Å²) >= 11 is 1.46. The molecule has 1 atom stereocenters. The third kappa shape index (κ3) is 7.06. The van der Waals surface area contributed by atoms with Crippen LogP contribution in [0.3, 0.4) is 0 Å². The summed E-state index contributed by atoms with van der Waals surface area (Å²) in [7, 11) is -4.36. The van der Waals surface area contributed by atoms with E-state index >= 15 is 0 Å². The number of phenols is 1. The van der Waals surface area contributed by atoms with Crippen molar-refractivity contribution in [3.63, 3.8) is 0 Å². The van der Waals surface area contributed by atoms with Gasteiger partial charge in [-0.3, -0.25) is 14.1 Å². The zero-order valence-electron chi connectivity index (χ0n) is 16.7. The van der Waals surface area contributed by atoms with Gasteiger partial charge in [0.15, 0.2) is 0 Å². The van der Waals surface area contributed by atoms with E-state index in [9.17, 15) is 18.3 Å². The fraction of sp³-hybridized carbons (Fsp3) is 0.238. The Balaban J connectivity index is 1.75. The third-order valence-electron chi connectivity index (χ3n) is 4.39. The lowest BCUT2D eigenvalue weighted by molar-refractivity contribution is -0.121. The first kappa shape index (κ1) is 22.7. The molecule has 10 heteroatoms. The number of phenolic OH excluding ortho intramolecular Hbond substituents is 1. The number of aryl methyl sites for hydroxylation is 1. The molecule has 2 aromatic carbocycles. The summed E-state index contributed by atoms with van der Waals surface area (Å²) in [6, 6.07) is 13.7. The molecule has 8 nitrogen and oxygen atoms in total. The van der Waals surface area contributed by atoms with E-state index in [4.69, 9.17) is 4.55 Å². The van der Waals surface area contributed by atoms with Crippen molar-refractivity contribution in [1.29, 1.82) is 0 Å². The Labute approximate surface area is 184 Å².